The molecule has 1 aliphatic heterocycles. The molecule has 0 spiro atoms. The molecule has 3 aromatic rings. The molecule has 1 aromatic heterocycles. The monoisotopic (exact) mass is 522 g/mol. The molecule has 1 aliphatic rings. The number of nitrogens with one attached hydrogen (secondary N) is 1. The van der Waals surface area contributed by atoms with Crippen molar-refractivity contribution in [2.75, 3.05) is 17.2 Å². The summed E-state index contributed by atoms with van der Waals surface area (Å²) in [4.78, 5) is 28.3. The van der Waals surface area contributed by atoms with Crippen LogP contribution in [-0.2, 0) is 15.0 Å². The Bertz CT molecular complexity index is 1300. The zero-order chi connectivity index (χ0) is 26.9. The van der Waals surface area contributed by atoms with Gasteiger partial charge in [0.15, 0.2) is 0 Å². The van der Waals surface area contributed by atoms with Crippen molar-refractivity contribution in [3.05, 3.63) is 76.7 Å². The standard InChI is InChI=1S/C29H35FN4O2S/c1-7-19(3)31-23(35)16-33-24(36)17-37-26(20-12-14-21(30)15-13-20)25-27(29(4,5)6)32-34(28(25)33)22-11-9-8-10-18(22)2/h8-15,19,26H,7,16-17H2,1-6H3,(H,31,35)/t19-,26-/m1/s1. The topological polar surface area (TPSA) is 67.2 Å². The van der Waals surface area contributed by atoms with E-state index in [4.69, 9.17) is 5.10 Å². The molecule has 1 N–H and O–H groups in total. The first-order valence-corrected chi connectivity index (χ1v) is 13.7. The number of hydrogen-bond donors (Lipinski definition) is 1. The number of amides is 2. The summed E-state index contributed by atoms with van der Waals surface area (Å²) in [6.07, 6.45) is 0.794. The lowest BCUT2D eigenvalue weighted by atomic mass is 9.87. The number of halogens is 1. The zero-order valence-electron chi connectivity index (χ0n) is 22.3. The van der Waals surface area contributed by atoms with Crippen molar-refractivity contribution in [2.24, 2.45) is 0 Å². The number of carbonyl (C=O) groups is 2. The van der Waals surface area contributed by atoms with Gasteiger partial charge in [-0.15, -0.1) is 11.8 Å². The maximum absolute atomic E-state index is 13.8. The molecule has 196 valence electrons. The molecule has 0 saturated heterocycles. The highest BCUT2D eigenvalue weighted by Gasteiger charge is 2.40. The minimum Gasteiger partial charge on any atom is -0.352 e. The first-order chi connectivity index (χ1) is 17.5. The molecule has 8 heteroatoms. The lowest BCUT2D eigenvalue weighted by molar-refractivity contribution is -0.123. The molecule has 37 heavy (non-hydrogen) atoms. The number of nitrogens with zero attached hydrogens (tertiary/aromatic N) is 3. The van der Waals surface area contributed by atoms with Crippen molar-refractivity contribution < 1.29 is 14.0 Å². The Morgan fingerprint density at radius 2 is 1.86 bits per heavy atom. The van der Waals surface area contributed by atoms with Gasteiger partial charge in [-0.2, -0.15) is 5.10 Å². The van der Waals surface area contributed by atoms with E-state index in [0.29, 0.717) is 5.82 Å². The van der Waals surface area contributed by atoms with Gasteiger partial charge in [0.05, 0.1) is 22.4 Å². The number of anilines is 1. The van der Waals surface area contributed by atoms with Crippen molar-refractivity contribution >= 4 is 29.4 Å². The fourth-order valence-corrected chi connectivity index (χ4v) is 5.71. The fourth-order valence-electron chi connectivity index (χ4n) is 4.51. The van der Waals surface area contributed by atoms with Crippen LogP contribution in [0, 0.1) is 12.7 Å². The van der Waals surface area contributed by atoms with E-state index >= 15 is 0 Å². The Hall–Kier alpha value is -3.13. The molecule has 2 atom stereocenters. The predicted molar refractivity (Wildman–Crippen MR) is 148 cm³/mol. The van der Waals surface area contributed by atoms with Crippen LogP contribution in [0.15, 0.2) is 48.5 Å². The summed E-state index contributed by atoms with van der Waals surface area (Å²) in [5, 5.41) is 7.84. The molecule has 6 nitrogen and oxygen atoms in total. The fraction of sp³-hybridized carbons (Fsp3) is 0.414. The Morgan fingerprint density at radius 1 is 1.19 bits per heavy atom. The van der Waals surface area contributed by atoms with Crippen molar-refractivity contribution in [3.63, 3.8) is 0 Å². The molecule has 0 unspecified atom stereocenters. The quantitative estimate of drug-likeness (QED) is 0.451. The second kappa shape index (κ2) is 10.7. The summed E-state index contributed by atoms with van der Waals surface area (Å²) >= 11 is 1.49. The molecule has 2 amide bonds. The highest BCUT2D eigenvalue weighted by molar-refractivity contribution is 8.00. The van der Waals surface area contributed by atoms with Gasteiger partial charge in [0.2, 0.25) is 11.8 Å². The largest absolute Gasteiger partial charge is 0.352 e. The third-order valence-corrected chi connectivity index (χ3v) is 7.89. The number of thioether (sulfide) groups is 1. The van der Waals surface area contributed by atoms with E-state index in [1.807, 2.05) is 49.7 Å². The van der Waals surface area contributed by atoms with Crippen molar-refractivity contribution in [1.82, 2.24) is 15.1 Å². The number of hydrogen-bond acceptors (Lipinski definition) is 4. The van der Waals surface area contributed by atoms with Crippen molar-refractivity contribution in [2.45, 2.75) is 64.7 Å². The van der Waals surface area contributed by atoms with Crippen LogP contribution in [0.1, 0.15) is 68.7 Å². The number of para-hydroxylation sites is 1. The second-order valence-corrected chi connectivity index (χ2v) is 11.7. The average molecular weight is 523 g/mol. The lowest BCUT2D eigenvalue weighted by Gasteiger charge is -2.25. The number of benzene rings is 2. The van der Waals surface area contributed by atoms with Gasteiger partial charge < -0.3 is 5.32 Å². The van der Waals surface area contributed by atoms with E-state index in [9.17, 15) is 14.0 Å². The molecular weight excluding hydrogens is 487 g/mol. The average Bonchev–Trinajstić information content (AvgIpc) is 3.18. The second-order valence-electron chi connectivity index (χ2n) is 10.6. The van der Waals surface area contributed by atoms with Gasteiger partial charge in [-0.1, -0.05) is 58.0 Å². The molecule has 2 aromatic carbocycles. The first kappa shape index (κ1) is 26.9. The number of aryl methyl sites for hydroxylation is 1. The van der Waals surface area contributed by atoms with Crippen LogP contribution in [0.2, 0.25) is 0 Å². The lowest BCUT2D eigenvalue weighted by Crippen LogP contribution is -2.44. The summed E-state index contributed by atoms with van der Waals surface area (Å²) in [5.41, 5.74) is 4.11. The number of carbonyl (C=O) groups excluding carboxylic acids is 2. The maximum Gasteiger partial charge on any atom is 0.240 e. The van der Waals surface area contributed by atoms with Crippen LogP contribution in [0.3, 0.4) is 0 Å². The van der Waals surface area contributed by atoms with E-state index in [-0.39, 0.29) is 46.6 Å². The summed E-state index contributed by atoms with van der Waals surface area (Å²) < 4.78 is 15.7. The van der Waals surface area contributed by atoms with Crippen LogP contribution < -0.4 is 10.2 Å². The minimum absolute atomic E-state index is 0.00167. The van der Waals surface area contributed by atoms with Gasteiger partial charge in [-0.05, 0) is 49.6 Å². The minimum atomic E-state index is -0.352. The maximum atomic E-state index is 13.8. The van der Waals surface area contributed by atoms with Gasteiger partial charge in [0.25, 0.3) is 0 Å². The number of fused-ring (bicyclic) bond motifs is 1. The van der Waals surface area contributed by atoms with Gasteiger partial charge in [-0.3, -0.25) is 14.5 Å². The van der Waals surface area contributed by atoms with E-state index in [2.05, 4.69) is 26.1 Å². The molecule has 0 fully saturated rings. The van der Waals surface area contributed by atoms with Crippen molar-refractivity contribution in [3.8, 4) is 5.69 Å². The molecule has 0 radical (unpaired) electrons. The third kappa shape index (κ3) is 5.59. The predicted octanol–water partition coefficient (Wildman–Crippen LogP) is 5.70. The first-order valence-electron chi connectivity index (χ1n) is 12.7. The summed E-state index contributed by atoms with van der Waals surface area (Å²) in [6, 6.07) is 14.3. The molecule has 0 bridgehead atoms. The summed E-state index contributed by atoms with van der Waals surface area (Å²) in [5.74, 6) is 0.0978. The molecule has 0 aliphatic carbocycles. The van der Waals surface area contributed by atoms with Gasteiger partial charge >= 0.3 is 0 Å². The SMILES string of the molecule is CC[C@@H](C)NC(=O)CN1C(=O)CS[C@H](c2ccc(F)cc2)c2c(C(C)(C)C)nn(-c3ccccc3C)c21. The van der Waals surface area contributed by atoms with Gasteiger partial charge in [0.1, 0.15) is 18.2 Å². The Balaban J connectivity index is 1.99. The van der Waals surface area contributed by atoms with E-state index < -0.39 is 0 Å². The normalized spacial score (nSPS) is 16.8. The zero-order valence-corrected chi connectivity index (χ0v) is 23.2. The van der Waals surface area contributed by atoms with Gasteiger partial charge in [0, 0.05) is 17.0 Å². The van der Waals surface area contributed by atoms with Crippen molar-refractivity contribution in [1.29, 1.82) is 0 Å². The van der Waals surface area contributed by atoms with Crippen LogP contribution >= 0.6 is 11.8 Å². The number of aromatic nitrogens is 2. The van der Waals surface area contributed by atoms with E-state index in [0.717, 1.165) is 34.5 Å². The highest BCUT2D eigenvalue weighted by Crippen LogP contribution is 2.48. The molecule has 4 rings (SSSR count). The van der Waals surface area contributed by atoms with Crippen LogP contribution in [-0.4, -0.2) is 39.9 Å². The van der Waals surface area contributed by atoms with Crippen LogP contribution in [0.4, 0.5) is 10.2 Å². The summed E-state index contributed by atoms with van der Waals surface area (Å²) in [7, 11) is 0. The van der Waals surface area contributed by atoms with E-state index in [1.165, 1.54) is 23.9 Å². The highest BCUT2D eigenvalue weighted by atomic mass is 32.2. The smallest absolute Gasteiger partial charge is 0.240 e. The Labute approximate surface area is 222 Å². The molecular formula is C29H35FN4O2S. The van der Waals surface area contributed by atoms with E-state index in [1.54, 1.807) is 17.0 Å². The Kier molecular flexibility index (Phi) is 7.78. The third-order valence-electron chi connectivity index (χ3n) is 6.64. The van der Waals surface area contributed by atoms with Gasteiger partial charge in [-0.25, -0.2) is 9.07 Å². The molecule has 2 heterocycles. The Morgan fingerprint density at radius 3 is 2.49 bits per heavy atom. The summed E-state index contributed by atoms with van der Waals surface area (Å²) in [6.45, 7) is 12.1. The number of rotatable bonds is 6. The van der Waals surface area contributed by atoms with Crippen LogP contribution in [0.5, 0.6) is 0 Å². The molecule has 0 saturated carbocycles. The van der Waals surface area contributed by atoms with Crippen LogP contribution in [0.25, 0.3) is 5.69 Å².